The molecule has 24 heavy (non-hydrogen) atoms. The van der Waals surface area contributed by atoms with Crippen LogP contribution in [0.4, 0.5) is 5.82 Å². The number of piperazine rings is 1. The summed E-state index contributed by atoms with van der Waals surface area (Å²) in [4.78, 5) is 16.6. The van der Waals surface area contributed by atoms with Crippen molar-refractivity contribution in [3.63, 3.8) is 0 Å². The summed E-state index contributed by atoms with van der Waals surface area (Å²) in [5, 5.41) is 8.31. The van der Waals surface area contributed by atoms with E-state index in [4.69, 9.17) is 4.74 Å². The van der Waals surface area contributed by atoms with E-state index in [2.05, 4.69) is 15.1 Å². The third-order valence-electron chi connectivity index (χ3n) is 4.09. The Morgan fingerprint density at radius 3 is 2.33 bits per heavy atom. The van der Waals surface area contributed by atoms with Gasteiger partial charge in [-0.3, -0.25) is 4.79 Å². The third-order valence-corrected chi connectivity index (χ3v) is 4.09. The second-order valence-electron chi connectivity index (χ2n) is 5.77. The molecule has 0 saturated carbocycles. The number of aromatic nitrogens is 2. The molecule has 2 aromatic rings. The van der Waals surface area contributed by atoms with Crippen LogP contribution >= 0.6 is 0 Å². The van der Waals surface area contributed by atoms with E-state index < -0.39 is 0 Å². The lowest BCUT2D eigenvalue weighted by atomic mass is 10.1. The number of rotatable bonds is 4. The largest absolute Gasteiger partial charge is 0.494 e. The lowest BCUT2D eigenvalue weighted by molar-refractivity contribution is 0.0746. The minimum Gasteiger partial charge on any atom is -0.494 e. The van der Waals surface area contributed by atoms with Gasteiger partial charge in [-0.15, -0.1) is 5.10 Å². The summed E-state index contributed by atoms with van der Waals surface area (Å²) in [6.45, 7) is 7.38. The molecule has 0 unspecified atom stereocenters. The molecule has 0 bridgehead atoms. The summed E-state index contributed by atoms with van der Waals surface area (Å²) in [5.41, 5.74) is 1.60. The Bertz CT molecular complexity index is 677. The molecule has 1 aromatic carbocycles. The molecule has 2 heterocycles. The molecule has 6 nitrogen and oxygen atoms in total. The number of ether oxygens (including phenoxy) is 1. The van der Waals surface area contributed by atoms with Crippen molar-refractivity contribution in [2.24, 2.45) is 0 Å². The molecule has 0 radical (unpaired) electrons. The molecular weight excluding hydrogens is 304 g/mol. The topological polar surface area (TPSA) is 58.6 Å². The van der Waals surface area contributed by atoms with Gasteiger partial charge in [-0.1, -0.05) is 0 Å². The van der Waals surface area contributed by atoms with Gasteiger partial charge in [-0.05, 0) is 50.2 Å². The number of anilines is 1. The zero-order valence-electron chi connectivity index (χ0n) is 14.1. The quantitative estimate of drug-likeness (QED) is 0.861. The van der Waals surface area contributed by atoms with Gasteiger partial charge >= 0.3 is 0 Å². The highest BCUT2D eigenvalue weighted by Gasteiger charge is 2.23. The summed E-state index contributed by atoms with van der Waals surface area (Å²) < 4.78 is 5.41. The number of carbonyl (C=O) groups excluding carboxylic acids is 1. The highest BCUT2D eigenvalue weighted by Crippen LogP contribution is 2.17. The zero-order chi connectivity index (χ0) is 16.9. The fourth-order valence-electron chi connectivity index (χ4n) is 2.74. The van der Waals surface area contributed by atoms with Gasteiger partial charge in [0.25, 0.3) is 5.91 Å². The highest BCUT2D eigenvalue weighted by molar-refractivity contribution is 5.94. The molecule has 0 atom stereocenters. The predicted molar refractivity (Wildman–Crippen MR) is 92.5 cm³/mol. The second kappa shape index (κ2) is 7.29. The number of hydrogen-bond acceptors (Lipinski definition) is 5. The molecule has 1 aliphatic rings. The van der Waals surface area contributed by atoms with E-state index in [-0.39, 0.29) is 5.91 Å². The number of carbonyl (C=O) groups is 1. The van der Waals surface area contributed by atoms with Gasteiger partial charge < -0.3 is 14.5 Å². The van der Waals surface area contributed by atoms with E-state index in [1.807, 2.05) is 55.1 Å². The molecule has 1 saturated heterocycles. The van der Waals surface area contributed by atoms with Crippen LogP contribution in [0, 0.1) is 6.92 Å². The van der Waals surface area contributed by atoms with Crippen LogP contribution in [0.3, 0.4) is 0 Å². The maximum Gasteiger partial charge on any atom is 0.253 e. The molecule has 3 rings (SSSR count). The van der Waals surface area contributed by atoms with Crippen molar-refractivity contribution in [1.29, 1.82) is 0 Å². The van der Waals surface area contributed by atoms with Crippen molar-refractivity contribution in [3.8, 4) is 5.75 Å². The van der Waals surface area contributed by atoms with Gasteiger partial charge in [0.05, 0.1) is 12.3 Å². The first-order chi connectivity index (χ1) is 11.7. The van der Waals surface area contributed by atoms with Crippen LogP contribution in [0.2, 0.25) is 0 Å². The fraction of sp³-hybridized carbons (Fsp3) is 0.389. The lowest BCUT2D eigenvalue weighted by Gasteiger charge is -2.35. The van der Waals surface area contributed by atoms with Crippen molar-refractivity contribution in [2.45, 2.75) is 13.8 Å². The van der Waals surface area contributed by atoms with E-state index in [1.165, 1.54) is 0 Å². The smallest absolute Gasteiger partial charge is 0.253 e. The molecule has 0 N–H and O–H groups in total. The fourth-order valence-corrected chi connectivity index (χ4v) is 2.74. The highest BCUT2D eigenvalue weighted by atomic mass is 16.5. The van der Waals surface area contributed by atoms with Crippen molar-refractivity contribution >= 4 is 11.7 Å². The molecular formula is C18H22N4O2. The molecule has 0 aliphatic carbocycles. The Kier molecular flexibility index (Phi) is 4.93. The van der Waals surface area contributed by atoms with E-state index in [0.717, 1.165) is 30.4 Å². The van der Waals surface area contributed by atoms with E-state index >= 15 is 0 Å². The summed E-state index contributed by atoms with van der Waals surface area (Å²) in [6, 6.07) is 11.3. The molecule has 1 amide bonds. The van der Waals surface area contributed by atoms with Crippen LogP contribution < -0.4 is 9.64 Å². The van der Waals surface area contributed by atoms with Gasteiger partial charge in [0.15, 0.2) is 5.82 Å². The molecule has 126 valence electrons. The standard InChI is InChI=1S/C18H22N4O2/c1-3-24-16-7-5-15(6-8-16)18(23)22-12-10-21(11-13-22)17-9-4-14(2)19-20-17/h4-9H,3,10-13H2,1-2H3. The molecule has 1 fully saturated rings. The predicted octanol–water partition coefficient (Wildman–Crippen LogP) is 2.15. The average Bonchev–Trinajstić information content (AvgIpc) is 2.63. The van der Waals surface area contributed by atoms with Crippen LogP contribution in [-0.2, 0) is 0 Å². The van der Waals surface area contributed by atoms with Crippen LogP contribution in [0.25, 0.3) is 0 Å². The minimum absolute atomic E-state index is 0.0627. The Morgan fingerprint density at radius 1 is 1.04 bits per heavy atom. The normalized spacial score (nSPS) is 14.6. The number of nitrogens with zero attached hydrogens (tertiary/aromatic N) is 4. The van der Waals surface area contributed by atoms with Crippen molar-refractivity contribution in [2.75, 3.05) is 37.7 Å². The van der Waals surface area contributed by atoms with Crippen molar-refractivity contribution in [3.05, 3.63) is 47.7 Å². The van der Waals surface area contributed by atoms with Gasteiger partial charge in [-0.25, -0.2) is 0 Å². The first-order valence-corrected chi connectivity index (χ1v) is 8.25. The third kappa shape index (κ3) is 3.64. The first kappa shape index (κ1) is 16.2. The summed E-state index contributed by atoms with van der Waals surface area (Å²) in [5.74, 6) is 1.72. The zero-order valence-corrected chi connectivity index (χ0v) is 14.1. The van der Waals surface area contributed by atoms with Crippen LogP contribution in [0.1, 0.15) is 23.0 Å². The number of hydrogen-bond donors (Lipinski definition) is 0. The van der Waals surface area contributed by atoms with E-state index in [1.54, 1.807) is 0 Å². The van der Waals surface area contributed by atoms with Gasteiger partial charge in [-0.2, -0.15) is 5.10 Å². The maximum atomic E-state index is 12.6. The maximum absolute atomic E-state index is 12.6. The average molecular weight is 326 g/mol. The Balaban J connectivity index is 1.59. The SMILES string of the molecule is CCOc1ccc(C(=O)N2CCN(c3ccc(C)nn3)CC2)cc1. The van der Waals surface area contributed by atoms with Crippen LogP contribution in [0.5, 0.6) is 5.75 Å². The lowest BCUT2D eigenvalue weighted by Crippen LogP contribution is -2.49. The van der Waals surface area contributed by atoms with Gasteiger partial charge in [0, 0.05) is 31.7 Å². The Morgan fingerprint density at radius 2 is 1.75 bits per heavy atom. The van der Waals surface area contributed by atoms with Gasteiger partial charge in [0.2, 0.25) is 0 Å². The second-order valence-corrected chi connectivity index (χ2v) is 5.77. The minimum atomic E-state index is 0.0627. The van der Waals surface area contributed by atoms with Crippen molar-refractivity contribution < 1.29 is 9.53 Å². The summed E-state index contributed by atoms with van der Waals surface area (Å²) in [7, 11) is 0. The number of amides is 1. The van der Waals surface area contributed by atoms with Gasteiger partial charge in [0.1, 0.15) is 5.75 Å². The first-order valence-electron chi connectivity index (χ1n) is 8.25. The Hall–Kier alpha value is -2.63. The van der Waals surface area contributed by atoms with E-state index in [0.29, 0.717) is 25.3 Å². The molecule has 1 aromatic heterocycles. The monoisotopic (exact) mass is 326 g/mol. The molecule has 0 spiro atoms. The summed E-state index contributed by atoms with van der Waals surface area (Å²) in [6.07, 6.45) is 0. The molecule has 1 aliphatic heterocycles. The molecule has 6 heteroatoms. The summed E-state index contributed by atoms with van der Waals surface area (Å²) >= 11 is 0. The number of benzene rings is 1. The van der Waals surface area contributed by atoms with E-state index in [9.17, 15) is 4.79 Å². The van der Waals surface area contributed by atoms with Crippen LogP contribution in [0.15, 0.2) is 36.4 Å². The van der Waals surface area contributed by atoms with Crippen molar-refractivity contribution in [1.82, 2.24) is 15.1 Å². The number of aryl methyl sites for hydroxylation is 1. The Labute approximate surface area is 142 Å². The van der Waals surface area contributed by atoms with Crippen LogP contribution in [-0.4, -0.2) is 53.8 Å².